The van der Waals surface area contributed by atoms with E-state index < -0.39 is 6.10 Å². The largest absolute Gasteiger partial charge is 0.488 e. The molecule has 3 heterocycles. The molecule has 0 bridgehead atoms. The van der Waals surface area contributed by atoms with Crippen molar-refractivity contribution in [2.45, 2.75) is 70.9 Å². The van der Waals surface area contributed by atoms with E-state index in [0.717, 1.165) is 32.5 Å². The number of likely N-dealkylation sites (tertiary alicyclic amines) is 1. The van der Waals surface area contributed by atoms with Crippen LogP contribution in [0.3, 0.4) is 0 Å². The van der Waals surface area contributed by atoms with Crippen LogP contribution in [0.15, 0.2) is 42.7 Å². The van der Waals surface area contributed by atoms with Crippen LogP contribution in [0.1, 0.15) is 45.6 Å². The molecule has 9 heteroatoms. The Balaban J connectivity index is 1.06. The minimum Gasteiger partial charge on any atom is -0.488 e. The van der Waals surface area contributed by atoms with E-state index in [1.165, 1.54) is 5.56 Å². The van der Waals surface area contributed by atoms with Crippen molar-refractivity contribution in [3.05, 3.63) is 48.3 Å². The zero-order valence-electron chi connectivity index (χ0n) is 22.1. The second-order valence-electron chi connectivity index (χ2n) is 11.1. The lowest BCUT2D eigenvalue weighted by atomic mass is 9.61. The molecule has 2 saturated heterocycles. The van der Waals surface area contributed by atoms with Gasteiger partial charge in [0.2, 0.25) is 5.95 Å². The first-order valence-electron chi connectivity index (χ1n) is 13.5. The molecule has 3 aliphatic rings. The van der Waals surface area contributed by atoms with Crippen molar-refractivity contribution in [1.29, 1.82) is 0 Å². The second kappa shape index (κ2) is 10.8. The van der Waals surface area contributed by atoms with Crippen LogP contribution in [0.25, 0.3) is 0 Å². The number of hydrogen-bond acceptors (Lipinski definition) is 8. The van der Waals surface area contributed by atoms with Gasteiger partial charge >= 0.3 is 6.09 Å². The number of rotatable bonds is 8. The molecule has 1 amide bonds. The standard InChI is InChI=1S/C28H39N5O4/c1-4-23(34)17-36-25-12-29-26(30-13-25)32-14-20(2)33(21(3)15-32)27(35)37-24-10-28(11-24)18-31(19-28)16-22-8-6-5-7-9-22/h5-9,12-13,20-21,23-24,34H,4,10-11,14-19H2,1-3H3/t20-,21+,23-/m1/s1. The van der Waals surface area contributed by atoms with E-state index in [2.05, 4.69) is 50.1 Å². The fourth-order valence-corrected chi connectivity index (χ4v) is 6.01. The zero-order valence-corrected chi connectivity index (χ0v) is 22.1. The Morgan fingerprint density at radius 3 is 2.38 bits per heavy atom. The third kappa shape index (κ3) is 5.83. The number of hydrogen-bond donors (Lipinski definition) is 1. The highest BCUT2D eigenvalue weighted by atomic mass is 16.6. The van der Waals surface area contributed by atoms with Gasteiger partial charge in [-0.2, -0.15) is 0 Å². The van der Waals surface area contributed by atoms with Crippen LogP contribution >= 0.6 is 0 Å². The number of piperazine rings is 1. The summed E-state index contributed by atoms with van der Waals surface area (Å²) in [6.45, 7) is 10.7. The lowest BCUT2D eigenvalue weighted by Gasteiger charge is -2.58. The lowest BCUT2D eigenvalue weighted by molar-refractivity contribution is -0.137. The Morgan fingerprint density at radius 1 is 1.11 bits per heavy atom. The maximum absolute atomic E-state index is 13.1. The summed E-state index contributed by atoms with van der Waals surface area (Å²) >= 11 is 0. The maximum atomic E-state index is 13.1. The quantitative estimate of drug-likeness (QED) is 0.580. The Bertz CT molecular complexity index is 1030. The van der Waals surface area contributed by atoms with Crippen molar-refractivity contribution in [2.24, 2.45) is 5.41 Å². The Hall–Kier alpha value is -2.91. The van der Waals surface area contributed by atoms with Gasteiger partial charge in [0.15, 0.2) is 5.75 Å². The number of aliphatic hydroxyl groups is 1. The molecule has 2 aromatic rings. The monoisotopic (exact) mass is 509 g/mol. The third-order valence-corrected chi connectivity index (χ3v) is 7.90. The SMILES string of the molecule is CC[C@@H](O)COc1cnc(N2C[C@@H](C)N(C(=O)OC3CC4(C3)CN(Cc3ccccc3)C4)[C@@H](C)C2)nc1. The number of amides is 1. The highest BCUT2D eigenvalue weighted by Gasteiger charge is 2.54. The number of carbonyl (C=O) groups is 1. The van der Waals surface area contributed by atoms with Crippen LogP contribution in [0.5, 0.6) is 5.75 Å². The minimum absolute atomic E-state index is 0.0189. The molecule has 1 saturated carbocycles. The summed E-state index contributed by atoms with van der Waals surface area (Å²) in [7, 11) is 0. The number of aromatic nitrogens is 2. The molecule has 1 N–H and O–H groups in total. The molecule has 2 aliphatic heterocycles. The van der Waals surface area contributed by atoms with Crippen LogP contribution in [0.2, 0.25) is 0 Å². The molecular formula is C28H39N5O4. The van der Waals surface area contributed by atoms with Gasteiger partial charge in [-0.05, 0) is 38.7 Å². The van der Waals surface area contributed by atoms with Crippen LogP contribution < -0.4 is 9.64 Å². The van der Waals surface area contributed by atoms with Gasteiger partial charge in [0.25, 0.3) is 0 Å². The normalized spacial score (nSPS) is 24.3. The van der Waals surface area contributed by atoms with E-state index in [0.29, 0.717) is 36.6 Å². The topological polar surface area (TPSA) is 91.3 Å². The highest BCUT2D eigenvalue weighted by Crippen LogP contribution is 2.50. The van der Waals surface area contributed by atoms with Gasteiger partial charge < -0.3 is 19.5 Å². The Labute approximate surface area is 219 Å². The summed E-state index contributed by atoms with van der Waals surface area (Å²) in [4.78, 5) is 28.4. The smallest absolute Gasteiger partial charge is 0.410 e. The van der Waals surface area contributed by atoms with Crippen molar-refractivity contribution < 1.29 is 19.4 Å². The predicted molar refractivity (Wildman–Crippen MR) is 140 cm³/mol. The van der Waals surface area contributed by atoms with Gasteiger partial charge in [-0.3, -0.25) is 9.80 Å². The number of nitrogens with zero attached hydrogens (tertiary/aromatic N) is 5. The molecule has 37 heavy (non-hydrogen) atoms. The maximum Gasteiger partial charge on any atom is 0.410 e. The number of anilines is 1. The van der Waals surface area contributed by atoms with Crippen LogP contribution in [0, 0.1) is 5.41 Å². The summed E-state index contributed by atoms with van der Waals surface area (Å²) < 4.78 is 11.5. The molecular weight excluding hydrogens is 470 g/mol. The molecule has 1 aliphatic carbocycles. The molecule has 3 atom stereocenters. The van der Waals surface area contributed by atoms with E-state index in [4.69, 9.17) is 9.47 Å². The summed E-state index contributed by atoms with van der Waals surface area (Å²) in [5.41, 5.74) is 1.68. The summed E-state index contributed by atoms with van der Waals surface area (Å²) in [6, 6.07) is 10.5. The fourth-order valence-electron chi connectivity index (χ4n) is 6.01. The van der Waals surface area contributed by atoms with Crippen molar-refractivity contribution in [1.82, 2.24) is 19.8 Å². The van der Waals surface area contributed by atoms with E-state index in [-0.39, 0.29) is 30.9 Å². The molecule has 0 radical (unpaired) electrons. The molecule has 0 unspecified atom stereocenters. The lowest BCUT2D eigenvalue weighted by Crippen LogP contribution is -2.65. The first-order chi connectivity index (χ1) is 17.8. The molecule has 1 aromatic heterocycles. The van der Waals surface area contributed by atoms with Crippen molar-refractivity contribution in [3.63, 3.8) is 0 Å². The van der Waals surface area contributed by atoms with E-state index >= 15 is 0 Å². The number of aliphatic hydroxyl groups excluding tert-OH is 1. The number of ether oxygens (including phenoxy) is 2. The molecule has 1 aromatic carbocycles. The Morgan fingerprint density at radius 2 is 1.76 bits per heavy atom. The molecule has 200 valence electrons. The van der Waals surface area contributed by atoms with Gasteiger partial charge in [0.1, 0.15) is 12.7 Å². The zero-order chi connectivity index (χ0) is 26.0. The van der Waals surface area contributed by atoms with Gasteiger partial charge in [0.05, 0.1) is 30.6 Å². The minimum atomic E-state index is -0.497. The summed E-state index contributed by atoms with van der Waals surface area (Å²) in [6.07, 6.45) is 5.14. The van der Waals surface area contributed by atoms with E-state index in [1.54, 1.807) is 12.4 Å². The van der Waals surface area contributed by atoms with Crippen LogP contribution in [-0.2, 0) is 11.3 Å². The average molecular weight is 510 g/mol. The van der Waals surface area contributed by atoms with E-state index in [9.17, 15) is 9.90 Å². The number of carbonyl (C=O) groups excluding carboxylic acids is 1. The first-order valence-corrected chi connectivity index (χ1v) is 13.5. The molecule has 9 nitrogen and oxygen atoms in total. The molecule has 5 rings (SSSR count). The fraction of sp³-hybridized carbons (Fsp3) is 0.607. The average Bonchev–Trinajstić information content (AvgIpc) is 2.85. The van der Waals surface area contributed by atoms with Gasteiger partial charge in [-0.25, -0.2) is 14.8 Å². The van der Waals surface area contributed by atoms with Crippen molar-refractivity contribution in [2.75, 3.05) is 37.7 Å². The molecule has 3 fully saturated rings. The summed E-state index contributed by atoms with van der Waals surface area (Å²) in [5, 5.41) is 9.66. The van der Waals surface area contributed by atoms with Gasteiger partial charge in [0, 0.05) is 38.1 Å². The third-order valence-electron chi connectivity index (χ3n) is 7.90. The number of benzene rings is 1. The first kappa shape index (κ1) is 25.7. The van der Waals surface area contributed by atoms with Crippen LogP contribution in [0.4, 0.5) is 10.7 Å². The van der Waals surface area contributed by atoms with Gasteiger partial charge in [-0.15, -0.1) is 0 Å². The predicted octanol–water partition coefficient (Wildman–Crippen LogP) is 3.33. The van der Waals surface area contributed by atoms with Crippen LogP contribution in [-0.4, -0.2) is 88.0 Å². The van der Waals surface area contributed by atoms with Crippen molar-refractivity contribution >= 4 is 12.0 Å². The van der Waals surface area contributed by atoms with E-state index in [1.807, 2.05) is 25.7 Å². The summed E-state index contributed by atoms with van der Waals surface area (Å²) in [5.74, 6) is 1.15. The van der Waals surface area contributed by atoms with Gasteiger partial charge in [-0.1, -0.05) is 37.3 Å². The van der Waals surface area contributed by atoms with Crippen molar-refractivity contribution in [3.8, 4) is 5.75 Å². The highest BCUT2D eigenvalue weighted by molar-refractivity contribution is 5.69. The Kier molecular flexibility index (Phi) is 7.53. The molecule has 1 spiro atoms. The second-order valence-corrected chi connectivity index (χ2v) is 11.1.